The first kappa shape index (κ1) is 24.3. The van der Waals surface area contributed by atoms with Gasteiger partial charge in [-0.25, -0.2) is 9.78 Å². The number of imidazole rings is 1. The molecule has 0 radical (unpaired) electrons. The van der Waals surface area contributed by atoms with Gasteiger partial charge in [0.05, 0.1) is 13.2 Å². The highest BCUT2D eigenvalue weighted by molar-refractivity contribution is 7.99. The number of aromatic nitrogens is 2. The lowest BCUT2D eigenvalue weighted by molar-refractivity contribution is -0.143. The summed E-state index contributed by atoms with van der Waals surface area (Å²) in [6.07, 6.45) is 3.27. The number of unbranched alkanes of at least 4 members (excludes halogenated alkanes) is 1. The second-order valence-electron chi connectivity index (χ2n) is 7.23. The van der Waals surface area contributed by atoms with Gasteiger partial charge >= 0.3 is 11.9 Å². The number of nitrogens with zero attached hydrogens (tertiary/aromatic N) is 2. The molecule has 8 nitrogen and oxygen atoms in total. The number of aromatic carboxylic acids is 1. The van der Waals surface area contributed by atoms with E-state index in [1.165, 1.54) is 11.8 Å². The van der Waals surface area contributed by atoms with E-state index in [1.54, 1.807) is 23.6 Å². The van der Waals surface area contributed by atoms with E-state index in [0.717, 1.165) is 18.4 Å². The largest absolute Gasteiger partial charge is 0.476 e. The molecule has 0 spiro atoms. The zero-order valence-corrected chi connectivity index (χ0v) is 19.8. The van der Waals surface area contributed by atoms with Crippen molar-refractivity contribution in [2.45, 2.75) is 57.5 Å². The Hall–Kier alpha value is -2.39. The van der Waals surface area contributed by atoms with E-state index in [2.05, 4.69) is 4.98 Å². The normalized spacial score (nSPS) is 12.2. The van der Waals surface area contributed by atoms with Crippen LogP contribution < -0.4 is 9.47 Å². The quantitative estimate of drug-likeness (QED) is 0.262. The van der Waals surface area contributed by atoms with Gasteiger partial charge < -0.3 is 23.9 Å². The van der Waals surface area contributed by atoms with Crippen molar-refractivity contribution in [1.82, 2.24) is 9.55 Å². The monoisotopic (exact) mass is 482 g/mol. The zero-order chi connectivity index (χ0) is 23.1. The van der Waals surface area contributed by atoms with E-state index in [-0.39, 0.29) is 25.0 Å². The molecule has 0 saturated heterocycles. The average molecular weight is 483 g/mol. The third-order valence-electron chi connectivity index (χ3n) is 4.88. The first-order chi connectivity index (χ1) is 15.4. The van der Waals surface area contributed by atoms with E-state index in [0.29, 0.717) is 59.0 Å². The van der Waals surface area contributed by atoms with Crippen molar-refractivity contribution >= 4 is 35.3 Å². The van der Waals surface area contributed by atoms with E-state index in [4.69, 9.17) is 25.8 Å². The molecule has 1 aliphatic rings. The standard InChI is InChI=1S/C22H27ClN2O6S/c1-3-7-18-24-21(32-9-6-5-8-19(26)29-4-2)20(22(27)28)25(18)12-14-10-16-17(11-15(14)23)31-13-30-16/h10-11H,3-9,12-13H2,1-2H3,(H,27,28). The second-order valence-corrected chi connectivity index (χ2v) is 8.72. The molecule has 0 atom stereocenters. The molecule has 1 aromatic heterocycles. The zero-order valence-electron chi connectivity index (χ0n) is 18.2. The Morgan fingerprint density at radius 2 is 2.00 bits per heavy atom. The summed E-state index contributed by atoms with van der Waals surface area (Å²) in [5.74, 6) is 1.29. The number of hydrogen-bond acceptors (Lipinski definition) is 7. The Bertz CT molecular complexity index is 978. The molecular formula is C22H27ClN2O6S. The van der Waals surface area contributed by atoms with Gasteiger partial charge in [0.25, 0.3) is 0 Å². The summed E-state index contributed by atoms with van der Waals surface area (Å²) in [5.41, 5.74) is 0.886. The van der Waals surface area contributed by atoms with Gasteiger partial charge in [-0.3, -0.25) is 4.79 Å². The van der Waals surface area contributed by atoms with Crippen LogP contribution in [0.4, 0.5) is 0 Å². The fraction of sp³-hybridized carbons (Fsp3) is 0.500. The number of thioether (sulfide) groups is 1. The molecule has 3 rings (SSSR count). The first-order valence-electron chi connectivity index (χ1n) is 10.6. The predicted octanol–water partition coefficient (Wildman–Crippen LogP) is 4.79. The predicted molar refractivity (Wildman–Crippen MR) is 121 cm³/mol. The second kappa shape index (κ2) is 11.5. The minimum atomic E-state index is -1.04. The number of halogens is 1. The van der Waals surface area contributed by atoms with Crippen LogP contribution in [-0.4, -0.2) is 45.7 Å². The summed E-state index contributed by atoms with van der Waals surface area (Å²) < 4.78 is 17.4. The number of carbonyl (C=O) groups is 2. The number of rotatable bonds is 12. The molecule has 0 fully saturated rings. The van der Waals surface area contributed by atoms with Crippen molar-refractivity contribution in [3.8, 4) is 11.5 Å². The number of benzene rings is 1. The fourth-order valence-corrected chi connectivity index (χ4v) is 4.65. The van der Waals surface area contributed by atoms with Crippen LogP contribution in [0.15, 0.2) is 17.2 Å². The molecule has 32 heavy (non-hydrogen) atoms. The van der Waals surface area contributed by atoms with Gasteiger partial charge in [0.1, 0.15) is 10.9 Å². The van der Waals surface area contributed by atoms with Crippen molar-refractivity contribution in [3.05, 3.63) is 34.2 Å². The van der Waals surface area contributed by atoms with Gasteiger partial charge in [-0.2, -0.15) is 0 Å². The smallest absolute Gasteiger partial charge is 0.355 e. The Morgan fingerprint density at radius 1 is 1.25 bits per heavy atom. The molecular weight excluding hydrogens is 456 g/mol. The van der Waals surface area contributed by atoms with Crippen LogP contribution in [-0.2, 0) is 22.5 Å². The summed E-state index contributed by atoms with van der Waals surface area (Å²) in [7, 11) is 0. The highest BCUT2D eigenvalue weighted by Crippen LogP contribution is 2.37. The Morgan fingerprint density at radius 3 is 2.69 bits per heavy atom. The van der Waals surface area contributed by atoms with Crippen LogP contribution >= 0.6 is 23.4 Å². The van der Waals surface area contributed by atoms with E-state index >= 15 is 0 Å². The lowest BCUT2D eigenvalue weighted by Crippen LogP contribution is -2.13. The fourth-order valence-electron chi connectivity index (χ4n) is 3.39. The highest BCUT2D eigenvalue weighted by Gasteiger charge is 2.24. The minimum Gasteiger partial charge on any atom is -0.476 e. The molecule has 10 heteroatoms. The Labute approximate surface area is 196 Å². The molecule has 1 aromatic carbocycles. The lowest BCUT2D eigenvalue weighted by atomic mass is 10.2. The number of hydrogen-bond donors (Lipinski definition) is 1. The SMILES string of the molecule is CCCc1nc(SCCCCC(=O)OCC)c(C(=O)O)n1Cc1cc2c(cc1Cl)OCO2. The maximum Gasteiger partial charge on any atom is 0.355 e. The summed E-state index contributed by atoms with van der Waals surface area (Å²) in [6, 6.07) is 3.48. The van der Waals surface area contributed by atoms with Crippen LogP contribution in [0.1, 0.15) is 61.4 Å². The Kier molecular flexibility index (Phi) is 8.69. The van der Waals surface area contributed by atoms with Gasteiger partial charge in [-0.15, -0.1) is 11.8 Å². The summed E-state index contributed by atoms with van der Waals surface area (Å²) >= 11 is 7.83. The maximum atomic E-state index is 12.2. The summed E-state index contributed by atoms with van der Waals surface area (Å²) in [4.78, 5) is 28.3. The third kappa shape index (κ3) is 5.89. The van der Waals surface area contributed by atoms with Gasteiger partial charge in [0.2, 0.25) is 6.79 Å². The molecule has 1 aliphatic heterocycles. The van der Waals surface area contributed by atoms with Crippen molar-refractivity contribution < 1.29 is 28.9 Å². The molecule has 1 N–H and O–H groups in total. The molecule has 0 amide bonds. The molecule has 0 bridgehead atoms. The number of aryl methyl sites for hydroxylation is 1. The van der Waals surface area contributed by atoms with E-state index in [9.17, 15) is 14.7 Å². The van der Waals surface area contributed by atoms with Crippen molar-refractivity contribution in [2.75, 3.05) is 19.2 Å². The van der Waals surface area contributed by atoms with Crippen LogP contribution in [0.2, 0.25) is 5.02 Å². The number of fused-ring (bicyclic) bond motifs is 1. The molecule has 2 heterocycles. The molecule has 2 aromatic rings. The summed E-state index contributed by atoms with van der Waals surface area (Å²) in [6.45, 7) is 4.58. The first-order valence-corrected chi connectivity index (χ1v) is 12.0. The number of carboxylic acid groups (broad SMARTS) is 1. The van der Waals surface area contributed by atoms with Gasteiger partial charge in [-0.1, -0.05) is 18.5 Å². The van der Waals surface area contributed by atoms with Gasteiger partial charge in [-0.05, 0) is 43.6 Å². The average Bonchev–Trinajstić information content (AvgIpc) is 3.32. The summed E-state index contributed by atoms with van der Waals surface area (Å²) in [5, 5.41) is 10.9. The van der Waals surface area contributed by atoms with Crippen LogP contribution in [0, 0.1) is 0 Å². The highest BCUT2D eigenvalue weighted by atomic mass is 35.5. The van der Waals surface area contributed by atoms with Crippen molar-refractivity contribution in [1.29, 1.82) is 0 Å². The van der Waals surface area contributed by atoms with Crippen molar-refractivity contribution in [2.24, 2.45) is 0 Å². The molecule has 174 valence electrons. The number of esters is 1. The molecule has 0 unspecified atom stereocenters. The number of carboxylic acids is 1. The molecule has 0 aliphatic carbocycles. The van der Waals surface area contributed by atoms with Crippen LogP contribution in [0.25, 0.3) is 0 Å². The number of carbonyl (C=O) groups excluding carboxylic acids is 1. The van der Waals surface area contributed by atoms with Crippen LogP contribution in [0.3, 0.4) is 0 Å². The Balaban J connectivity index is 1.77. The van der Waals surface area contributed by atoms with Crippen molar-refractivity contribution in [3.63, 3.8) is 0 Å². The number of ether oxygens (including phenoxy) is 3. The third-order valence-corrected chi connectivity index (χ3v) is 6.28. The van der Waals surface area contributed by atoms with Gasteiger partial charge in [0, 0.05) is 23.9 Å². The van der Waals surface area contributed by atoms with E-state index in [1.807, 2.05) is 6.92 Å². The van der Waals surface area contributed by atoms with Gasteiger partial charge in [0.15, 0.2) is 17.2 Å². The molecule has 0 saturated carbocycles. The minimum absolute atomic E-state index is 0.138. The van der Waals surface area contributed by atoms with E-state index < -0.39 is 5.97 Å². The topological polar surface area (TPSA) is 99.9 Å². The maximum absolute atomic E-state index is 12.2. The van der Waals surface area contributed by atoms with Crippen LogP contribution in [0.5, 0.6) is 11.5 Å². The lowest BCUT2D eigenvalue weighted by Gasteiger charge is -2.12.